The second-order valence-corrected chi connectivity index (χ2v) is 14.5. The molecule has 6 rings (SSSR count). The van der Waals surface area contributed by atoms with Crippen LogP contribution in [0.25, 0.3) is 10.6 Å². The van der Waals surface area contributed by atoms with Crippen molar-refractivity contribution in [3.05, 3.63) is 46.5 Å². The molecule has 1 amide bonds. The minimum absolute atomic E-state index is 0.000981. The highest BCUT2D eigenvalue weighted by Gasteiger charge is 2.38. The monoisotopic (exact) mass is 650 g/mol. The number of nitrogens with zero attached hydrogens (tertiary/aromatic N) is 4. The third kappa shape index (κ3) is 6.28. The maximum Gasteiger partial charge on any atom is 0.420 e. The topological polar surface area (TPSA) is 117 Å². The number of methoxy groups -OCH3 is 1. The Labute approximate surface area is 257 Å². The summed E-state index contributed by atoms with van der Waals surface area (Å²) in [5, 5.41) is 6.63. The standard InChI is InChI=1S/C29H33F3N6O4S2/c1-37-10-12-44(40,41)24-14-23(43-26(24)27(37)39)25-21(29(30,31)32)15-34-28(36-25)35-22-6-5-19(13-20(22)17-3-4-17)38-9-7-18(16-38)33-8-11-42-2/h5-6,13-15,17-18,33H,3-4,7-12,16H2,1-2H3,(H,34,35,36). The number of carbonyl (C=O) groups excluding carboxylic acids is 1. The Morgan fingerprint density at radius 3 is 2.68 bits per heavy atom. The fourth-order valence-electron chi connectivity index (χ4n) is 5.59. The molecule has 236 valence electrons. The Balaban J connectivity index is 1.31. The lowest BCUT2D eigenvalue weighted by Crippen LogP contribution is -2.34. The summed E-state index contributed by atoms with van der Waals surface area (Å²) in [6, 6.07) is 7.52. The molecule has 15 heteroatoms. The minimum atomic E-state index is -4.80. The van der Waals surface area contributed by atoms with Crippen LogP contribution in [0.3, 0.4) is 0 Å². The third-order valence-corrected chi connectivity index (χ3v) is 11.2. The first-order valence-corrected chi connectivity index (χ1v) is 16.9. The quantitative estimate of drug-likeness (QED) is 0.323. The molecule has 2 N–H and O–H groups in total. The molecule has 10 nitrogen and oxygen atoms in total. The number of sulfone groups is 1. The number of hydrogen-bond donors (Lipinski definition) is 2. The first-order chi connectivity index (χ1) is 20.9. The molecule has 4 heterocycles. The first-order valence-electron chi connectivity index (χ1n) is 14.4. The summed E-state index contributed by atoms with van der Waals surface area (Å²) in [5.41, 5.74) is 1.24. The van der Waals surface area contributed by atoms with Crippen LogP contribution >= 0.6 is 11.3 Å². The predicted octanol–water partition coefficient (Wildman–Crippen LogP) is 4.52. The molecule has 2 aliphatic heterocycles. The van der Waals surface area contributed by atoms with E-state index >= 15 is 0 Å². The lowest BCUT2D eigenvalue weighted by atomic mass is 10.1. The fourth-order valence-corrected chi connectivity index (χ4v) is 8.62. The van der Waals surface area contributed by atoms with E-state index in [9.17, 15) is 26.4 Å². The zero-order chi connectivity index (χ0) is 31.2. The van der Waals surface area contributed by atoms with Gasteiger partial charge in [-0.25, -0.2) is 18.4 Å². The zero-order valence-corrected chi connectivity index (χ0v) is 25.9. The van der Waals surface area contributed by atoms with Crippen molar-refractivity contribution in [2.24, 2.45) is 0 Å². The number of ether oxygens (including phenoxy) is 1. The van der Waals surface area contributed by atoms with Gasteiger partial charge in [-0.3, -0.25) is 4.79 Å². The molecule has 0 bridgehead atoms. The van der Waals surface area contributed by atoms with Crippen molar-refractivity contribution in [3.63, 3.8) is 0 Å². The fraction of sp³-hybridized carbons (Fsp3) is 0.483. The van der Waals surface area contributed by atoms with E-state index in [0.717, 1.165) is 56.2 Å². The maximum atomic E-state index is 14.1. The van der Waals surface area contributed by atoms with Crippen molar-refractivity contribution in [1.82, 2.24) is 20.2 Å². The molecular formula is C29H33F3N6O4S2. The van der Waals surface area contributed by atoms with E-state index in [2.05, 4.69) is 31.6 Å². The summed E-state index contributed by atoms with van der Waals surface area (Å²) in [4.78, 5) is 24.2. The minimum Gasteiger partial charge on any atom is -0.383 e. The molecule has 3 aromatic rings. The van der Waals surface area contributed by atoms with Crippen molar-refractivity contribution in [2.75, 3.05) is 62.9 Å². The Morgan fingerprint density at radius 2 is 1.95 bits per heavy atom. The van der Waals surface area contributed by atoms with Gasteiger partial charge in [0, 0.05) is 63.9 Å². The highest BCUT2D eigenvalue weighted by atomic mass is 32.2. The maximum absolute atomic E-state index is 14.1. The highest BCUT2D eigenvalue weighted by molar-refractivity contribution is 7.91. The predicted molar refractivity (Wildman–Crippen MR) is 162 cm³/mol. The van der Waals surface area contributed by atoms with E-state index in [0.29, 0.717) is 41.8 Å². The molecule has 0 spiro atoms. The number of aromatic nitrogens is 2. The number of thiophene rings is 1. The van der Waals surface area contributed by atoms with Crippen LogP contribution in [0.15, 0.2) is 35.4 Å². The van der Waals surface area contributed by atoms with Gasteiger partial charge in [0.1, 0.15) is 10.4 Å². The number of benzene rings is 1. The third-order valence-electron chi connectivity index (χ3n) is 8.19. The lowest BCUT2D eigenvalue weighted by Gasteiger charge is -2.22. The number of hydrogen-bond acceptors (Lipinski definition) is 10. The van der Waals surface area contributed by atoms with E-state index < -0.39 is 33.2 Å². The summed E-state index contributed by atoms with van der Waals surface area (Å²) >= 11 is 0.695. The smallest absolute Gasteiger partial charge is 0.383 e. The summed E-state index contributed by atoms with van der Waals surface area (Å²) < 4.78 is 73.2. The van der Waals surface area contributed by atoms with Crippen LogP contribution in [0, 0.1) is 0 Å². The van der Waals surface area contributed by atoms with E-state index in [-0.39, 0.29) is 32.9 Å². The number of carbonyl (C=O) groups is 1. The summed E-state index contributed by atoms with van der Waals surface area (Å²) in [7, 11) is -0.732. The number of rotatable bonds is 9. The highest BCUT2D eigenvalue weighted by Crippen LogP contribution is 2.46. The molecule has 3 aliphatic rings. The van der Waals surface area contributed by atoms with Crippen LogP contribution < -0.4 is 15.5 Å². The number of anilines is 3. The van der Waals surface area contributed by atoms with Gasteiger partial charge in [0.2, 0.25) is 5.95 Å². The van der Waals surface area contributed by atoms with Gasteiger partial charge >= 0.3 is 6.18 Å². The van der Waals surface area contributed by atoms with Crippen LogP contribution in [-0.4, -0.2) is 87.9 Å². The van der Waals surface area contributed by atoms with Gasteiger partial charge < -0.3 is 25.2 Å². The summed E-state index contributed by atoms with van der Waals surface area (Å²) in [5.74, 6) is -0.599. The Bertz CT molecular complexity index is 1680. The Morgan fingerprint density at radius 1 is 1.16 bits per heavy atom. The Kier molecular flexibility index (Phi) is 8.32. The van der Waals surface area contributed by atoms with Crippen LogP contribution in [-0.2, 0) is 20.8 Å². The zero-order valence-electron chi connectivity index (χ0n) is 24.3. The number of amides is 1. The van der Waals surface area contributed by atoms with E-state index in [1.165, 1.54) is 11.9 Å². The molecule has 2 aromatic heterocycles. The van der Waals surface area contributed by atoms with Gasteiger partial charge in [-0.2, -0.15) is 13.2 Å². The molecule has 0 radical (unpaired) electrons. The van der Waals surface area contributed by atoms with Crippen molar-refractivity contribution < 1.29 is 31.1 Å². The average molecular weight is 651 g/mol. The number of nitrogens with one attached hydrogen (secondary N) is 2. The van der Waals surface area contributed by atoms with Crippen molar-refractivity contribution in [1.29, 1.82) is 0 Å². The molecule has 1 aromatic carbocycles. The molecule has 1 saturated heterocycles. The summed E-state index contributed by atoms with van der Waals surface area (Å²) in [6.45, 7) is 3.22. The Hall–Kier alpha value is -3.27. The summed E-state index contributed by atoms with van der Waals surface area (Å²) in [6.07, 6.45) is -1.07. The van der Waals surface area contributed by atoms with Gasteiger partial charge in [-0.1, -0.05) is 0 Å². The molecule has 1 aliphatic carbocycles. The van der Waals surface area contributed by atoms with Gasteiger partial charge in [0.25, 0.3) is 5.91 Å². The normalized spacial score (nSPS) is 20.1. The van der Waals surface area contributed by atoms with Crippen LogP contribution in [0.1, 0.15) is 46.0 Å². The molecule has 1 saturated carbocycles. The lowest BCUT2D eigenvalue weighted by molar-refractivity contribution is -0.137. The SMILES string of the molecule is COCCNC1CCN(c2ccc(Nc3ncc(C(F)(F)F)c(-c4cc5c(s4)C(=O)N(C)CCS5(=O)=O)n3)c(C3CC3)c2)C1. The molecule has 1 unspecified atom stereocenters. The van der Waals surface area contributed by atoms with E-state index in [1.54, 1.807) is 7.11 Å². The number of fused-ring (bicyclic) bond motifs is 1. The first kappa shape index (κ1) is 30.7. The number of halogens is 3. The molecule has 2 fully saturated rings. The molecule has 1 atom stereocenters. The average Bonchev–Trinajstić information content (AvgIpc) is 3.56. The van der Waals surface area contributed by atoms with Crippen molar-refractivity contribution in [2.45, 2.75) is 42.3 Å². The van der Waals surface area contributed by atoms with Gasteiger partial charge in [0.15, 0.2) is 9.84 Å². The van der Waals surface area contributed by atoms with E-state index in [4.69, 9.17) is 4.74 Å². The van der Waals surface area contributed by atoms with Crippen LogP contribution in [0.5, 0.6) is 0 Å². The van der Waals surface area contributed by atoms with Crippen molar-refractivity contribution in [3.8, 4) is 10.6 Å². The van der Waals surface area contributed by atoms with Crippen molar-refractivity contribution >= 4 is 44.4 Å². The molecule has 44 heavy (non-hydrogen) atoms. The second kappa shape index (κ2) is 11.9. The van der Waals surface area contributed by atoms with Gasteiger partial charge in [-0.05, 0) is 55.0 Å². The second-order valence-electron chi connectivity index (χ2n) is 11.4. The van der Waals surface area contributed by atoms with Crippen LogP contribution in [0.2, 0.25) is 0 Å². The molecular weight excluding hydrogens is 617 g/mol. The van der Waals surface area contributed by atoms with Crippen LogP contribution in [0.4, 0.5) is 30.5 Å². The van der Waals surface area contributed by atoms with E-state index in [1.807, 2.05) is 12.1 Å². The van der Waals surface area contributed by atoms with Gasteiger partial charge in [0.05, 0.1) is 27.8 Å². The van der Waals surface area contributed by atoms with Gasteiger partial charge in [-0.15, -0.1) is 11.3 Å². The number of alkyl halides is 3. The largest absolute Gasteiger partial charge is 0.420 e.